The monoisotopic (exact) mass is 487 g/mol. The van der Waals surface area contributed by atoms with Crippen LogP contribution in [0.2, 0.25) is 0 Å². The number of carbonyl (C=O) groups is 1. The molecule has 0 spiro atoms. The van der Waals surface area contributed by atoms with Gasteiger partial charge < -0.3 is 9.64 Å². The average Bonchev–Trinajstić information content (AvgIpc) is 2.91. The van der Waals surface area contributed by atoms with Crippen molar-refractivity contribution in [2.75, 3.05) is 13.2 Å². The molecular formula is C30H37N3O3. The van der Waals surface area contributed by atoms with Crippen LogP contribution >= 0.6 is 0 Å². The van der Waals surface area contributed by atoms with Crippen molar-refractivity contribution in [1.82, 2.24) is 14.5 Å². The van der Waals surface area contributed by atoms with Crippen LogP contribution < -0.4 is 5.56 Å². The highest BCUT2D eigenvalue weighted by molar-refractivity contribution is 5.68. The van der Waals surface area contributed by atoms with Gasteiger partial charge in [0.05, 0.1) is 30.5 Å². The fourth-order valence-corrected chi connectivity index (χ4v) is 5.01. The highest BCUT2D eigenvalue weighted by Gasteiger charge is 2.29. The van der Waals surface area contributed by atoms with Crippen LogP contribution in [0.25, 0.3) is 0 Å². The number of amides is 1. The molecule has 1 atom stereocenters. The maximum absolute atomic E-state index is 14.0. The van der Waals surface area contributed by atoms with Gasteiger partial charge in [0.2, 0.25) is 0 Å². The predicted octanol–water partition coefficient (Wildman–Crippen LogP) is 5.90. The molecule has 1 amide bonds. The van der Waals surface area contributed by atoms with Crippen LogP contribution in [0.1, 0.15) is 73.8 Å². The maximum atomic E-state index is 14.0. The SMILES string of the molecule is CCCCC(CC)COC(=O)N1CCc2nc(C)n(C(c3ccccc3)c3ccccc3)c(=O)c2C1. The molecule has 36 heavy (non-hydrogen) atoms. The van der Waals surface area contributed by atoms with Gasteiger partial charge in [-0.25, -0.2) is 9.78 Å². The first-order chi connectivity index (χ1) is 17.5. The molecule has 6 nitrogen and oxygen atoms in total. The van der Waals surface area contributed by atoms with Gasteiger partial charge in [0.25, 0.3) is 5.56 Å². The van der Waals surface area contributed by atoms with Crippen LogP contribution in [0.4, 0.5) is 4.79 Å². The summed E-state index contributed by atoms with van der Waals surface area (Å²) in [6.45, 7) is 7.36. The van der Waals surface area contributed by atoms with Gasteiger partial charge in [0, 0.05) is 13.0 Å². The van der Waals surface area contributed by atoms with Crippen LogP contribution in [-0.2, 0) is 17.7 Å². The quantitative estimate of drug-likeness (QED) is 0.377. The number of unbranched alkanes of at least 4 members (excludes halogenated alkanes) is 1. The molecule has 0 fully saturated rings. The summed E-state index contributed by atoms with van der Waals surface area (Å²) in [7, 11) is 0. The standard InChI is InChI=1S/C30H37N3O3/c1-4-6-13-23(5-2)21-36-30(35)32-19-18-27-26(20-32)29(34)33(22(3)31-27)28(24-14-9-7-10-15-24)25-16-11-8-12-17-25/h7-12,14-17,23,28H,4-6,13,18-21H2,1-3H3. The van der Waals surface area contributed by atoms with Crippen molar-refractivity contribution >= 4 is 6.09 Å². The van der Waals surface area contributed by atoms with E-state index < -0.39 is 0 Å². The topological polar surface area (TPSA) is 64.4 Å². The van der Waals surface area contributed by atoms with Crippen molar-refractivity contribution in [1.29, 1.82) is 0 Å². The van der Waals surface area contributed by atoms with Crippen molar-refractivity contribution in [2.45, 2.75) is 65.5 Å². The van der Waals surface area contributed by atoms with Gasteiger partial charge in [-0.05, 0) is 30.4 Å². The molecule has 2 aromatic carbocycles. The number of benzene rings is 2. The number of aryl methyl sites for hydroxylation is 1. The first-order valence-corrected chi connectivity index (χ1v) is 13.2. The maximum Gasteiger partial charge on any atom is 0.410 e. The van der Waals surface area contributed by atoms with Crippen LogP contribution in [0.5, 0.6) is 0 Å². The van der Waals surface area contributed by atoms with E-state index in [4.69, 9.17) is 9.72 Å². The Morgan fingerprint density at radius 3 is 2.25 bits per heavy atom. The van der Waals surface area contributed by atoms with Gasteiger partial charge in [-0.15, -0.1) is 0 Å². The van der Waals surface area contributed by atoms with Gasteiger partial charge in [-0.1, -0.05) is 93.8 Å². The van der Waals surface area contributed by atoms with E-state index in [1.54, 1.807) is 9.47 Å². The van der Waals surface area contributed by atoms with Crippen molar-refractivity contribution in [2.24, 2.45) is 5.92 Å². The number of nitrogens with zero attached hydrogens (tertiary/aromatic N) is 3. The summed E-state index contributed by atoms with van der Waals surface area (Å²) in [5, 5.41) is 0. The lowest BCUT2D eigenvalue weighted by atomic mass is 9.97. The molecule has 1 aliphatic heterocycles. The third kappa shape index (κ3) is 5.69. The zero-order chi connectivity index (χ0) is 25.5. The molecule has 0 saturated heterocycles. The molecule has 0 bridgehead atoms. The molecule has 3 aromatic rings. The second-order valence-corrected chi connectivity index (χ2v) is 9.65. The Morgan fingerprint density at radius 2 is 1.67 bits per heavy atom. The van der Waals surface area contributed by atoms with Crippen LogP contribution in [0.3, 0.4) is 0 Å². The Hall–Kier alpha value is -3.41. The first kappa shape index (κ1) is 25.7. The van der Waals surface area contributed by atoms with E-state index in [0.717, 1.165) is 42.5 Å². The molecule has 1 aromatic heterocycles. The average molecular weight is 488 g/mol. The summed E-state index contributed by atoms with van der Waals surface area (Å²) < 4.78 is 7.46. The Bertz CT molecular complexity index is 1170. The highest BCUT2D eigenvalue weighted by atomic mass is 16.6. The van der Waals surface area contributed by atoms with Crippen molar-refractivity contribution in [3.05, 3.63) is 99.2 Å². The number of carbonyl (C=O) groups excluding carboxylic acids is 1. The smallest absolute Gasteiger partial charge is 0.410 e. The molecule has 2 heterocycles. The largest absolute Gasteiger partial charge is 0.449 e. The van der Waals surface area contributed by atoms with Crippen LogP contribution in [-0.4, -0.2) is 33.7 Å². The predicted molar refractivity (Wildman–Crippen MR) is 142 cm³/mol. The first-order valence-electron chi connectivity index (χ1n) is 13.2. The van der Waals surface area contributed by atoms with Crippen LogP contribution in [0.15, 0.2) is 65.5 Å². The molecule has 190 valence electrons. The Morgan fingerprint density at radius 1 is 1.03 bits per heavy atom. The van der Waals surface area contributed by atoms with Gasteiger partial charge in [0.1, 0.15) is 5.82 Å². The normalized spacial score (nSPS) is 13.9. The van der Waals surface area contributed by atoms with E-state index >= 15 is 0 Å². The Labute approximate surface area is 213 Å². The fraction of sp³-hybridized carbons (Fsp3) is 0.433. The Balaban J connectivity index is 1.62. The molecular weight excluding hydrogens is 450 g/mol. The molecule has 0 radical (unpaired) electrons. The molecule has 1 unspecified atom stereocenters. The second kappa shape index (κ2) is 12.0. The van der Waals surface area contributed by atoms with Gasteiger partial charge >= 0.3 is 6.09 Å². The number of hydrogen-bond donors (Lipinski definition) is 0. The summed E-state index contributed by atoms with van der Waals surface area (Å²) in [5.41, 5.74) is 3.30. The van der Waals surface area contributed by atoms with E-state index in [9.17, 15) is 9.59 Å². The molecule has 0 saturated carbocycles. The molecule has 4 rings (SSSR count). The van der Waals surface area contributed by atoms with Crippen molar-refractivity contribution < 1.29 is 9.53 Å². The van der Waals surface area contributed by atoms with Crippen LogP contribution in [0, 0.1) is 12.8 Å². The summed E-state index contributed by atoms with van der Waals surface area (Å²) in [6.07, 6.45) is 4.54. The molecule has 0 N–H and O–H groups in total. The van der Waals surface area contributed by atoms with Crippen molar-refractivity contribution in [3.8, 4) is 0 Å². The lowest BCUT2D eigenvalue weighted by Gasteiger charge is -2.30. The Kier molecular flexibility index (Phi) is 8.57. The minimum absolute atomic E-state index is 0.0953. The minimum Gasteiger partial charge on any atom is -0.449 e. The highest BCUT2D eigenvalue weighted by Crippen LogP contribution is 2.27. The van der Waals surface area contributed by atoms with E-state index in [2.05, 4.69) is 13.8 Å². The molecule has 0 aliphatic carbocycles. The summed E-state index contributed by atoms with van der Waals surface area (Å²) in [6, 6.07) is 19.7. The lowest BCUT2D eigenvalue weighted by Crippen LogP contribution is -2.43. The summed E-state index contributed by atoms with van der Waals surface area (Å²) >= 11 is 0. The number of rotatable bonds is 9. The lowest BCUT2D eigenvalue weighted by molar-refractivity contribution is 0.0804. The molecule has 6 heteroatoms. The zero-order valence-corrected chi connectivity index (χ0v) is 21.7. The van der Waals surface area contributed by atoms with Crippen molar-refractivity contribution in [3.63, 3.8) is 0 Å². The summed E-state index contributed by atoms with van der Waals surface area (Å²) in [5.74, 6) is 1.05. The molecule has 1 aliphatic rings. The number of hydrogen-bond acceptors (Lipinski definition) is 4. The third-order valence-corrected chi connectivity index (χ3v) is 7.17. The number of ether oxygens (including phenoxy) is 1. The zero-order valence-electron chi connectivity index (χ0n) is 21.7. The van der Waals surface area contributed by atoms with E-state index in [0.29, 0.717) is 36.9 Å². The van der Waals surface area contributed by atoms with E-state index in [-0.39, 0.29) is 24.2 Å². The minimum atomic E-state index is -0.343. The fourth-order valence-electron chi connectivity index (χ4n) is 5.01. The van der Waals surface area contributed by atoms with Gasteiger partial charge in [-0.2, -0.15) is 0 Å². The third-order valence-electron chi connectivity index (χ3n) is 7.17. The summed E-state index contributed by atoms with van der Waals surface area (Å²) in [4.78, 5) is 33.4. The van der Waals surface area contributed by atoms with Gasteiger partial charge in [0.15, 0.2) is 0 Å². The number of fused-ring (bicyclic) bond motifs is 1. The number of aromatic nitrogens is 2. The van der Waals surface area contributed by atoms with E-state index in [1.165, 1.54) is 0 Å². The van der Waals surface area contributed by atoms with Gasteiger partial charge in [-0.3, -0.25) is 9.36 Å². The van der Waals surface area contributed by atoms with E-state index in [1.807, 2.05) is 67.6 Å². The second-order valence-electron chi connectivity index (χ2n) is 9.65.